The minimum Gasteiger partial charge on any atom is -0.335 e. The molecule has 6 aliphatic rings. The van der Waals surface area contributed by atoms with E-state index in [-0.39, 0.29) is 44.9 Å². The normalized spacial score (nSPS) is 24.7. The van der Waals surface area contributed by atoms with Gasteiger partial charge in [0.05, 0.1) is 16.8 Å². The molecule has 0 saturated heterocycles. The van der Waals surface area contributed by atoms with Gasteiger partial charge in [0.2, 0.25) is 0 Å². The number of hydrogen-bond acceptors (Lipinski definition) is 3. The maximum Gasteiger partial charge on any atom is 0.252 e. The molecule has 0 radical (unpaired) electrons. The van der Waals surface area contributed by atoms with Crippen molar-refractivity contribution in [1.82, 2.24) is 0 Å². The van der Waals surface area contributed by atoms with Gasteiger partial charge in [0.15, 0.2) is 0 Å². The predicted octanol–water partition coefficient (Wildman–Crippen LogP) is 16.4. The molecule has 4 unspecified atom stereocenters. The van der Waals surface area contributed by atoms with Gasteiger partial charge in [-0.15, -0.1) is 0 Å². The average molecular weight is 958 g/mol. The molecule has 0 bridgehead atoms. The lowest BCUT2D eigenvalue weighted by Gasteiger charge is -2.54. The molecular weight excluding hydrogens is 882 g/mol. The third-order valence-corrected chi connectivity index (χ3v) is 20.0. The van der Waals surface area contributed by atoms with Crippen LogP contribution in [-0.4, -0.2) is 17.8 Å². The Morgan fingerprint density at radius 3 is 1.73 bits per heavy atom. The SMILES string of the molecule is CC(C)(C)c1ccc(N2c3cc(C(C)(C)C)ccc3B3c4cccc5c4N(c4cc(N6c7ccc(C(C)(C)C)cc7C7(c8ccccc8)CCCCC67C)cc2c43)C2(C)CCCCC52C)c(-c2ccccc2)c1. The molecule has 0 spiro atoms. The summed E-state index contributed by atoms with van der Waals surface area (Å²) in [6.45, 7) is 29.3. The zero-order valence-electron chi connectivity index (χ0n) is 45.9. The van der Waals surface area contributed by atoms with Gasteiger partial charge in [0, 0.05) is 50.5 Å². The van der Waals surface area contributed by atoms with E-state index in [1.54, 1.807) is 5.56 Å². The second-order valence-corrected chi connectivity index (χ2v) is 27.0. The van der Waals surface area contributed by atoms with Crippen LogP contribution in [-0.2, 0) is 27.1 Å². The molecule has 7 aromatic rings. The Labute approximate surface area is 438 Å². The van der Waals surface area contributed by atoms with E-state index in [1.165, 1.54) is 134 Å². The van der Waals surface area contributed by atoms with Crippen molar-refractivity contribution in [3.63, 3.8) is 0 Å². The van der Waals surface area contributed by atoms with E-state index in [1.807, 2.05) is 0 Å². The second kappa shape index (κ2) is 15.5. The van der Waals surface area contributed by atoms with Gasteiger partial charge in [-0.3, -0.25) is 0 Å². The quantitative estimate of drug-likeness (QED) is 0.163. The zero-order chi connectivity index (χ0) is 50.8. The highest BCUT2D eigenvalue weighted by atomic mass is 15.3. The standard InChI is InChI=1S/C69H76BN3/c1-63(2,3)47-31-34-56(51(40-47)45-24-15-13-16-25-45)71-58-42-49(65(7,8)9)30-33-54(58)70-55-29-23-28-52-62(55)73(67(11)37-20-19-36-66(52,67)10)60-44-50(43-59(71)61(60)70)72-57-35-32-48(64(4,5)6)41-53(57)69(46-26-17-14-18-27-46)39-22-21-38-68(69,72)12/h13-18,23-35,40-44H,19-22,36-39H2,1-12H3. The lowest BCUT2D eigenvalue weighted by Crippen LogP contribution is -2.64. The largest absolute Gasteiger partial charge is 0.335 e. The van der Waals surface area contributed by atoms with Crippen molar-refractivity contribution >= 4 is 62.9 Å². The van der Waals surface area contributed by atoms with Crippen LogP contribution in [0.15, 0.2) is 146 Å². The van der Waals surface area contributed by atoms with Crippen LogP contribution in [0.5, 0.6) is 0 Å². The number of benzene rings is 7. The first-order valence-electron chi connectivity index (χ1n) is 28.0. The van der Waals surface area contributed by atoms with Crippen LogP contribution < -0.4 is 31.1 Å². The van der Waals surface area contributed by atoms with Gasteiger partial charge < -0.3 is 14.7 Å². The summed E-state index contributed by atoms with van der Waals surface area (Å²) >= 11 is 0. The molecule has 13 rings (SSSR count). The van der Waals surface area contributed by atoms with Gasteiger partial charge in [0.1, 0.15) is 0 Å². The van der Waals surface area contributed by atoms with Crippen molar-refractivity contribution in [2.45, 2.75) is 173 Å². The Morgan fingerprint density at radius 2 is 1.03 bits per heavy atom. The number of nitrogens with zero attached hydrogens (tertiary/aromatic N) is 3. The van der Waals surface area contributed by atoms with Crippen LogP contribution in [0.4, 0.5) is 39.8 Å². The molecule has 2 saturated carbocycles. The van der Waals surface area contributed by atoms with Crippen molar-refractivity contribution in [2.75, 3.05) is 14.7 Å². The molecular formula is C69H76BN3. The van der Waals surface area contributed by atoms with E-state index < -0.39 is 0 Å². The second-order valence-electron chi connectivity index (χ2n) is 27.0. The summed E-state index contributed by atoms with van der Waals surface area (Å²) in [5.41, 5.74) is 24.3. The summed E-state index contributed by atoms with van der Waals surface area (Å²) < 4.78 is 0. The molecule has 2 fully saturated rings. The smallest absolute Gasteiger partial charge is 0.252 e. The first-order valence-corrected chi connectivity index (χ1v) is 28.0. The third-order valence-electron chi connectivity index (χ3n) is 20.0. The predicted molar refractivity (Wildman–Crippen MR) is 313 cm³/mol. The highest BCUT2D eigenvalue weighted by molar-refractivity contribution is 7.00. The molecule has 3 nitrogen and oxygen atoms in total. The molecule has 4 aliphatic heterocycles. The maximum absolute atomic E-state index is 2.94. The fourth-order valence-corrected chi connectivity index (χ4v) is 15.8. The summed E-state index contributed by atoms with van der Waals surface area (Å²) in [6.07, 6.45) is 9.54. The topological polar surface area (TPSA) is 9.72 Å². The first kappa shape index (κ1) is 46.8. The van der Waals surface area contributed by atoms with Crippen molar-refractivity contribution in [3.05, 3.63) is 179 Å². The monoisotopic (exact) mass is 958 g/mol. The molecule has 4 atom stereocenters. The molecule has 370 valence electrons. The summed E-state index contributed by atoms with van der Waals surface area (Å²) in [5, 5.41) is 0. The highest BCUT2D eigenvalue weighted by Crippen LogP contribution is 2.66. The number of anilines is 7. The van der Waals surface area contributed by atoms with Crippen LogP contribution in [0.2, 0.25) is 0 Å². The summed E-state index contributed by atoms with van der Waals surface area (Å²) in [6, 6.07) is 58.4. The Morgan fingerprint density at radius 1 is 0.438 bits per heavy atom. The Hall–Kier alpha value is -6.00. The average Bonchev–Trinajstić information content (AvgIpc) is 3.74. The van der Waals surface area contributed by atoms with Crippen molar-refractivity contribution < 1.29 is 0 Å². The minimum absolute atomic E-state index is 0.0102. The van der Waals surface area contributed by atoms with Crippen LogP contribution in [0.1, 0.15) is 168 Å². The van der Waals surface area contributed by atoms with E-state index in [0.717, 1.165) is 12.8 Å². The highest BCUT2D eigenvalue weighted by Gasteiger charge is 2.64. The number of para-hydroxylation sites is 1. The van der Waals surface area contributed by atoms with Crippen molar-refractivity contribution in [1.29, 1.82) is 0 Å². The number of fused-ring (bicyclic) bond motifs is 10. The molecule has 0 aromatic heterocycles. The van der Waals surface area contributed by atoms with E-state index in [2.05, 4.69) is 243 Å². The van der Waals surface area contributed by atoms with E-state index in [4.69, 9.17) is 0 Å². The van der Waals surface area contributed by atoms with Crippen LogP contribution in [0.25, 0.3) is 11.1 Å². The Balaban J connectivity index is 1.18. The molecule has 0 amide bonds. The van der Waals surface area contributed by atoms with Gasteiger partial charge in [-0.2, -0.15) is 0 Å². The third kappa shape index (κ3) is 6.31. The van der Waals surface area contributed by atoms with Crippen molar-refractivity contribution in [2.24, 2.45) is 0 Å². The van der Waals surface area contributed by atoms with Gasteiger partial charge in [-0.05, 0) is 148 Å². The van der Waals surface area contributed by atoms with Crippen molar-refractivity contribution in [3.8, 4) is 11.1 Å². The van der Waals surface area contributed by atoms with Gasteiger partial charge in [-0.1, -0.05) is 204 Å². The van der Waals surface area contributed by atoms with E-state index in [9.17, 15) is 0 Å². The fourth-order valence-electron chi connectivity index (χ4n) is 15.8. The molecule has 4 heterocycles. The molecule has 73 heavy (non-hydrogen) atoms. The van der Waals surface area contributed by atoms with Crippen LogP contribution >= 0.6 is 0 Å². The molecule has 7 aromatic carbocycles. The fraction of sp³-hybridized carbons (Fsp3) is 0.391. The summed E-state index contributed by atoms with van der Waals surface area (Å²) in [4.78, 5) is 8.59. The summed E-state index contributed by atoms with van der Waals surface area (Å²) in [7, 11) is 0. The van der Waals surface area contributed by atoms with E-state index in [0.29, 0.717) is 0 Å². The molecule has 2 aliphatic carbocycles. The lowest BCUT2D eigenvalue weighted by atomic mass is 9.33. The lowest BCUT2D eigenvalue weighted by molar-refractivity contribution is 0.195. The zero-order valence-corrected chi connectivity index (χ0v) is 45.9. The minimum atomic E-state index is -0.238. The summed E-state index contributed by atoms with van der Waals surface area (Å²) in [5.74, 6) is 0. The van der Waals surface area contributed by atoms with E-state index >= 15 is 0 Å². The maximum atomic E-state index is 2.94. The van der Waals surface area contributed by atoms with Crippen LogP contribution in [0, 0.1) is 0 Å². The number of hydrogen-bond donors (Lipinski definition) is 0. The van der Waals surface area contributed by atoms with Gasteiger partial charge in [-0.25, -0.2) is 0 Å². The van der Waals surface area contributed by atoms with Gasteiger partial charge >= 0.3 is 0 Å². The number of rotatable bonds is 4. The Bertz CT molecular complexity index is 3390. The molecule has 4 heteroatoms. The Kier molecular flexibility index (Phi) is 9.95. The first-order chi connectivity index (χ1) is 34.7. The van der Waals surface area contributed by atoms with Gasteiger partial charge in [0.25, 0.3) is 6.71 Å². The molecule has 0 N–H and O–H groups in total. The van der Waals surface area contributed by atoms with Crippen LogP contribution in [0.3, 0.4) is 0 Å².